The molecule has 1 aromatic rings. The molecule has 0 saturated carbocycles. The van der Waals surface area contributed by atoms with Crippen molar-refractivity contribution < 1.29 is 18.0 Å². The van der Waals surface area contributed by atoms with Gasteiger partial charge in [-0.1, -0.05) is 12.1 Å². The molecule has 7 heteroatoms. The Morgan fingerprint density at radius 3 is 2.42 bits per heavy atom. The third kappa shape index (κ3) is 4.80. The molecule has 0 bridgehead atoms. The van der Waals surface area contributed by atoms with E-state index in [0.29, 0.717) is 5.56 Å². The predicted molar refractivity (Wildman–Crippen MR) is 70.3 cm³/mol. The Balaban J connectivity index is 2.74. The van der Waals surface area contributed by atoms with Gasteiger partial charge in [-0.2, -0.15) is 0 Å². The second-order valence-corrected chi connectivity index (χ2v) is 5.73. The van der Waals surface area contributed by atoms with Gasteiger partial charge in [0.15, 0.2) is 5.78 Å². The van der Waals surface area contributed by atoms with Gasteiger partial charge >= 0.3 is 0 Å². The van der Waals surface area contributed by atoms with Gasteiger partial charge in [-0.05, 0) is 19.1 Å². The number of carbonyl (C=O) groups excluding carboxylic acids is 2. The van der Waals surface area contributed by atoms with Gasteiger partial charge in [0.05, 0.1) is 4.90 Å². The number of rotatable bonds is 6. The van der Waals surface area contributed by atoms with Gasteiger partial charge in [0, 0.05) is 25.6 Å². The van der Waals surface area contributed by atoms with E-state index in [2.05, 4.69) is 10.0 Å². The van der Waals surface area contributed by atoms with E-state index in [1.54, 1.807) is 6.07 Å². The first-order chi connectivity index (χ1) is 8.83. The summed E-state index contributed by atoms with van der Waals surface area (Å²) >= 11 is 0. The van der Waals surface area contributed by atoms with Gasteiger partial charge in [-0.3, -0.25) is 9.59 Å². The molecule has 0 aliphatic carbocycles. The van der Waals surface area contributed by atoms with Gasteiger partial charge in [0.2, 0.25) is 15.9 Å². The van der Waals surface area contributed by atoms with Crippen LogP contribution in [-0.4, -0.2) is 33.2 Å². The van der Waals surface area contributed by atoms with Crippen LogP contribution >= 0.6 is 0 Å². The van der Waals surface area contributed by atoms with Crippen LogP contribution in [0, 0.1) is 0 Å². The summed E-state index contributed by atoms with van der Waals surface area (Å²) in [5.41, 5.74) is 0.338. The van der Waals surface area contributed by atoms with Crippen molar-refractivity contribution in [1.82, 2.24) is 10.0 Å². The number of benzene rings is 1. The normalized spacial score (nSPS) is 11.1. The monoisotopic (exact) mass is 284 g/mol. The van der Waals surface area contributed by atoms with E-state index in [-0.39, 0.29) is 29.7 Å². The zero-order valence-electron chi connectivity index (χ0n) is 10.8. The highest BCUT2D eigenvalue weighted by molar-refractivity contribution is 7.89. The van der Waals surface area contributed by atoms with Crippen LogP contribution in [0.15, 0.2) is 29.2 Å². The highest BCUT2D eigenvalue weighted by Gasteiger charge is 2.14. The van der Waals surface area contributed by atoms with Crippen molar-refractivity contribution in [2.45, 2.75) is 18.7 Å². The molecule has 0 fully saturated rings. The van der Waals surface area contributed by atoms with Crippen LogP contribution in [-0.2, 0) is 14.8 Å². The number of hydrogen-bond acceptors (Lipinski definition) is 4. The van der Waals surface area contributed by atoms with E-state index in [9.17, 15) is 18.0 Å². The minimum Gasteiger partial charge on any atom is -0.355 e. The lowest BCUT2D eigenvalue weighted by Crippen LogP contribution is -2.33. The maximum absolute atomic E-state index is 11.9. The van der Waals surface area contributed by atoms with Gasteiger partial charge in [-0.25, -0.2) is 13.1 Å². The van der Waals surface area contributed by atoms with Gasteiger partial charge in [-0.15, -0.1) is 0 Å². The summed E-state index contributed by atoms with van der Waals surface area (Å²) in [6.45, 7) is 3.02. The molecule has 0 aliphatic heterocycles. The predicted octanol–water partition coefficient (Wildman–Crippen LogP) is 0.304. The maximum atomic E-state index is 11.9. The van der Waals surface area contributed by atoms with Crippen LogP contribution in [0.2, 0.25) is 0 Å². The number of carbonyl (C=O) groups is 2. The Labute approximate surface area is 112 Å². The van der Waals surface area contributed by atoms with Crippen molar-refractivity contribution in [3.05, 3.63) is 29.8 Å². The number of ketones is 1. The second kappa shape index (κ2) is 6.44. The van der Waals surface area contributed by atoms with E-state index in [0.717, 1.165) is 0 Å². The van der Waals surface area contributed by atoms with Crippen molar-refractivity contribution in [2.75, 3.05) is 13.1 Å². The number of sulfonamides is 1. The molecular weight excluding hydrogens is 268 g/mol. The molecule has 0 unspecified atom stereocenters. The van der Waals surface area contributed by atoms with Crippen molar-refractivity contribution in [1.29, 1.82) is 0 Å². The molecule has 0 saturated heterocycles. The van der Waals surface area contributed by atoms with Crippen LogP contribution < -0.4 is 10.0 Å². The minimum atomic E-state index is -3.67. The largest absolute Gasteiger partial charge is 0.355 e. The van der Waals surface area contributed by atoms with Crippen LogP contribution in [0.5, 0.6) is 0 Å². The minimum absolute atomic E-state index is 0.0306. The molecule has 0 heterocycles. The maximum Gasteiger partial charge on any atom is 0.240 e. The molecule has 0 radical (unpaired) electrons. The SMILES string of the molecule is CC(=O)NCCNS(=O)(=O)c1cccc(C(C)=O)c1. The number of amides is 1. The van der Waals surface area contributed by atoms with Crippen molar-refractivity contribution in [2.24, 2.45) is 0 Å². The molecule has 0 aromatic heterocycles. The lowest BCUT2D eigenvalue weighted by atomic mass is 10.2. The molecule has 1 aromatic carbocycles. The first-order valence-corrected chi connectivity index (χ1v) is 7.16. The number of nitrogens with one attached hydrogen (secondary N) is 2. The van der Waals surface area contributed by atoms with Crippen molar-refractivity contribution in [3.63, 3.8) is 0 Å². The van der Waals surface area contributed by atoms with Crippen LogP contribution in [0.4, 0.5) is 0 Å². The van der Waals surface area contributed by atoms with Crippen LogP contribution in [0.3, 0.4) is 0 Å². The lowest BCUT2D eigenvalue weighted by molar-refractivity contribution is -0.118. The molecular formula is C12H16N2O4S. The van der Waals surface area contributed by atoms with Gasteiger partial charge in [0.25, 0.3) is 0 Å². The molecule has 0 spiro atoms. The Hall–Kier alpha value is -1.73. The highest BCUT2D eigenvalue weighted by atomic mass is 32.2. The zero-order valence-corrected chi connectivity index (χ0v) is 11.6. The quantitative estimate of drug-likeness (QED) is 0.580. The fraction of sp³-hybridized carbons (Fsp3) is 0.333. The molecule has 2 N–H and O–H groups in total. The zero-order chi connectivity index (χ0) is 14.5. The summed E-state index contributed by atoms with van der Waals surface area (Å²) in [4.78, 5) is 21.9. The van der Waals surface area contributed by atoms with E-state index >= 15 is 0 Å². The Morgan fingerprint density at radius 1 is 1.16 bits per heavy atom. The van der Waals surface area contributed by atoms with E-state index in [1.807, 2.05) is 0 Å². The summed E-state index contributed by atoms with van der Waals surface area (Å²) < 4.78 is 26.2. The highest BCUT2D eigenvalue weighted by Crippen LogP contribution is 2.11. The number of Topliss-reactive ketones (excluding diaryl/α,β-unsaturated/α-hetero) is 1. The van der Waals surface area contributed by atoms with E-state index in [1.165, 1.54) is 32.0 Å². The topological polar surface area (TPSA) is 92.3 Å². The summed E-state index contributed by atoms with van der Waals surface area (Å²) in [6.07, 6.45) is 0. The molecule has 19 heavy (non-hydrogen) atoms. The standard InChI is InChI=1S/C12H16N2O4S/c1-9(15)11-4-3-5-12(8-11)19(17,18)14-7-6-13-10(2)16/h3-5,8,14H,6-7H2,1-2H3,(H,13,16). The summed E-state index contributed by atoms with van der Waals surface area (Å²) in [5, 5.41) is 2.48. The first-order valence-electron chi connectivity index (χ1n) is 5.68. The van der Waals surface area contributed by atoms with Gasteiger partial charge < -0.3 is 5.32 Å². The first kappa shape index (κ1) is 15.3. The van der Waals surface area contributed by atoms with Crippen molar-refractivity contribution >= 4 is 21.7 Å². The van der Waals surface area contributed by atoms with Crippen molar-refractivity contribution in [3.8, 4) is 0 Å². The Bertz CT molecular complexity index is 581. The number of hydrogen-bond donors (Lipinski definition) is 2. The average molecular weight is 284 g/mol. The third-order valence-corrected chi connectivity index (χ3v) is 3.80. The molecule has 1 rings (SSSR count). The Kier molecular flexibility index (Phi) is 5.20. The fourth-order valence-corrected chi connectivity index (χ4v) is 2.47. The Morgan fingerprint density at radius 2 is 1.84 bits per heavy atom. The molecule has 0 aliphatic rings. The molecule has 104 valence electrons. The third-order valence-electron chi connectivity index (χ3n) is 2.34. The van der Waals surface area contributed by atoms with Crippen LogP contribution in [0.1, 0.15) is 24.2 Å². The lowest BCUT2D eigenvalue weighted by Gasteiger charge is -2.07. The van der Waals surface area contributed by atoms with E-state index in [4.69, 9.17) is 0 Å². The summed E-state index contributed by atoms with van der Waals surface area (Å²) in [6, 6.07) is 5.80. The average Bonchev–Trinajstić information content (AvgIpc) is 2.34. The fourth-order valence-electron chi connectivity index (χ4n) is 1.39. The summed E-state index contributed by atoms with van der Waals surface area (Å²) in [5.74, 6) is -0.423. The molecule has 1 amide bonds. The molecule has 6 nitrogen and oxygen atoms in total. The second-order valence-electron chi connectivity index (χ2n) is 3.96. The smallest absolute Gasteiger partial charge is 0.240 e. The van der Waals surface area contributed by atoms with Crippen LogP contribution in [0.25, 0.3) is 0 Å². The van der Waals surface area contributed by atoms with E-state index < -0.39 is 10.0 Å². The molecule has 0 atom stereocenters. The summed E-state index contributed by atoms with van der Waals surface area (Å²) in [7, 11) is -3.67. The van der Waals surface area contributed by atoms with Gasteiger partial charge in [0.1, 0.15) is 0 Å².